The van der Waals surface area contributed by atoms with E-state index in [1.54, 1.807) is 0 Å². The third kappa shape index (κ3) is 8.51. The molecule has 0 aliphatic heterocycles. The van der Waals surface area contributed by atoms with Crippen LogP contribution in [0, 0.1) is 0 Å². The number of nitrogens with one attached hydrogen (secondary N) is 2. The molecule has 0 saturated carbocycles. The highest BCUT2D eigenvalue weighted by Gasteiger charge is 2.08. The number of hydrogen-bond donors (Lipinski definition) is 3. The lowest BCUT2D eigenvalue weighted by atomic mass is 10.1. The lowest BCUT2D eigenvalue weighted by molar-refractivity contribution is -0.120. The van der Waals surface area contributed by atoms with E-state index in [4.69, 9.17) is 5.14 Å². The highest BCUT2D eigenvalue weighted by atomic mass is 32.2. The van der Waals surface area contributed by atoms with Crippen molar-refractivity contribution in [1.29, 1.82) is 0 Å². The molecule has 1 aromatic rings. The molecule has 7 nitrogen and oxygen atoms in total. The molecule has 130 valence electrons. The first-order valence-electron chi connectivity index (χ1n) is 7.97. The molecule has 1 heterocycles. The molecule has 1 amide bonds. The molecule has 0 bridgehead atoms. The zero-order valence-electron chi connectivity index (χ0n) is 13.5. The Labute approximate surface area is 138 Å². The van der Waals surface area contributed by atoms with E-state index in [1.165, 1.54) is 37.8 Å². The molecule has 0 radical (unpaired) electrons. The van der Waals surface area contributed by atoms with E-state index in [0.717, 1.165) is 25.5 Å². The van der Waals surface area contributed by atoms with Gasteiger partial charge in [0, 0.05) is 12.6 Å². The van der Waals surface area contributed by atoms with Gasteiger partial charge in [0.15, 0.2) is 0 Å². The molecule has 0 unspecified atom stereocenters. The van der Waals surface area contributed by atoms with E-state index >= 15 is 0 Å². The molecule has 0 atom stereocenters. The first-order chi connectivity index (χ1) is 10.9. The van der Waals surface area contributed by atoms with Crippen LogP contribution in [-0.2, 0) is 14.8 Å². The van der Waals surface area contributed by atoms with Gasteiger partial charge in [0.05, 0.1) is 0 Å². The van der Waals surface area contributed by atoms with Crippen molar-refractivity contribution in [3.05, 3.63) is 18.3 Å². The average Bonchev–Trinajstić information content (AvgIpc) is 2.51. The van der Waals surface area contributed by atoms with Gasteiger partial charge in [-0.2, -0.15) is 0 Å². The first kappa shape index (κ1) is 19.4. The van der Waals surface area contributed by atoms with Gasteiger partial charge in [0.2, 0.25) is 15.9 Å². The summed E-state index contributed by atoms with van der Waals surface area (Å²) in [4.78, 5) is 15.5. The maximum Gasteiger partial charge on any atom is 0.239 e. The lowest BCUT2D eigenvalue weighted by Crippen LogP contribution is -2.29. The highest BCUT2D eigenvalue weighted by molar-refractivity contribution is 7.89. The van der Waals surface area contributed by atoms with Crippen molar-refractivity contribution in [2.24, 2.45) is 5.14 Å². The summed E-state index contributed by atoms with van der Waals surface area (Å²) in [6, 6.07) is 2.76. The standard InChI is InChI=1S/C15H26N4O3S/c1-2-3-4-5-6-7-8-9-15(20)19-18-14-11-10-13(12-17-14)23(16,21)22/h10-12H,2-9H2,1H3,(H,17,18)(H,19,20)(H2,16,21,22). The van der Waals surface area contributed by atoms with Gasteiger partial charge in [-0.1, -0.05) is 45.4 Å². The normalized spacial score (nSPS) is 11.2. The van der Waals surface area contributed by atoms with E-state index in [0.29, 0.717) is 12.2 Å². The van der Waals surface area contributed by atoms with Gasteiger partial charge in [0.25, 0.3) is 0 Å². The quantitative estimate of drug-likeness (QED) is 0.422. The molecule has 1 rings (SSSR count). The number of carbonyl (C=O) groups is 1. The number of amides is 1. The van der Waals surface area contributed by atoms with Crippen LogP contribution in [0.25, 0.3) is 0 Å². The molecule has 23 heavy (non-hydrogen) atoms. The average molecular weight is 342 g/mol. The number of aromatic nitrogens is 1. The summed E-state index contributed by atoms with van der Waals surface area (Å²) in [6.45, 7) is 2.19. The van der Waals surface area contributed by atoms with Gasteiger partial charge in [0.1, 0.15) is 10.7 Å². The third-order valence-corrected chi connectivity index (χ3v) is 4.30. The van der Waals surface area contributed by atoms with Crippen LogP contribution in [0.1, 0.15) is 58.3 Å². The number of primary sulfonamides is 1. The van der Waals surface area contributed by atoms with Gasteiger partial charge in [-0.3, -0.25) is 15.6 Å². The number of nitrogens with zero attached hydrogens (tertiary/aromatic N) is 1. The summed E-state index contributed by atoms with van der Waals surface area (Å²) in [5, 5.41) is 4.98. The van der Waals surface area contributed by atoms with Crippen molar-refractivity contribution in [2.75, 3.05) is 5.43 Å². The first-order valence-corrected chi connectivity index (χ1v) is 9.52. The summed E-state index contributed by atoms with van der Waals surface area (Å²) in [7, 11) is -3.75. The van der Waals surface area contributed by atoms with Crippen molar-refractivity contribution in [2.45, 2.75) is 63.2 Å². The van der Waals surface area contributed by atoms with Crippen LogP contribution in [0.2, 0.25) is 0 Å². The molecule has 0 spiro atoms. The Morgan fingerprint density at radius 1 is 1.13 bits per heavy atom. The molecule has 8 heteroatoms. The van der Waals surface area contributed by atoms with Gasteiger partial charge in [-0.05, 0) is 18.6 Å². The minimum atomic E-state index is -3.75. The van der Waals surface area contributed by atoms with Crippen LogP contribution >= 0.6 is 0 Å². The van der Waals surface area contributed by atoms with Crippen LogP contribution < -0.4 is 16.0 Å². The molecular formula is C15H26N4O3S. The van der Waals surface area contributed by atoms with E-state index in [2.05, 4.69) is 22.8 Å². The largest absolute Gasteiger partial charge is 0.282 e. The SMILES string of the molecule is CCCCCCCCCC(=O)NNc1ccc(S(N)(=O)=O)cn1. The molecular weight excluding hydrogens is 316 g/mol. The zero-order valence-corrected chi connectivity index (χ0v) is 14.4. The minimum Gasteiger partial charge on any atom is -0.282 e. The van der Waals surface area contributed by atoms with E-state index in [1.807, 2.05) is 0 Å². The van der Waals surface area contributed by atoms with E-state index in [9.17, 15) is 13.2 Å². The number of pyridine rings is 1. The number of hydrogen-bond acceptors (Lipinski definition) is 5. The molecule has 0 saturated heterocycles. The van der Waals surface area contributed by atoms with E-state index < -0.39 is 10.0 Å². The second-order valence-corrected chi connectivity index (χ2v) is 7.03. The smallest absolute Gasteiger partial charge is 0.239 e. The number of carbonyl (C=O) groups excluding carboxylic acids is 1. The number of nitrogens with two attached hydrogens (primary N) is 1. The summed E-state index contributed by atoms with van der Waals surface area (Å²) in [5.41, 5.74) is 5.18. The lowest BCUT2D eigenvalue weighted by Gasteiger charge is -2.08. The molecule has 0 fully saturated rings. The van der Waals surface area contributed by atoms with Crippen molar-refractivity contribution >= 4 is 21.7 Å². The van der Waals surface area contributed by atoms with Crippen LogP contribution in [-0.4, -0.2) is 19.3 Å². The Morgan fingerprint density at radius 3 is 2.35 bits per heavy atom. The second-order valence-electron chi connectivity index (χ2n) is 5.47. The molecule has 0 aliphatic carbocycles. The van der Waals surface area contributed by atoms with Crippen molar-refractivity contribution < 1.29 is 13.2 Å². The van der Waals surface area contributed by atoms with Gasteiger partial charge in [-0.15, -0.1) is 0 Å². The van der Waals surface area contributed by atoms with Crippen LogP contribution in [0.3, 0.4) is 0 Å². The van der Waals surface area contributed by atoms with Crippen LogP contribution in [0.4, 0.5) is 5.82 Å². The second kappa shape index (κ2) is 10.2. The summed E-state index contributed by atoms with van der Waals surface area (Å²) in [5.74, 6) is 0.237. The summed E-state index contributed by atoms with van der Waals surface area (Å²) < 4.78 is 22.2. The molecule has 1 aromatic heterocycles. The van der Waals surface area contributed by atoms with E-state index in [-0.39, 0.29) is 10.8 Å². The number of sulfonamides is 1. The summed E-state index contributed by atoms with van der Waals surface area (Å²) >= 11 is 0. The predicted octanol–water partition coefficient (Wildman–Crippen LogP) is 2.31. The Bertz CT molecular complexity index is 573. The molecule has 0 aliphatic rings. The van der Waals surface area contributed by atoms with Crippen molar-refractivity contribution in [1.82, 2.24) is 10.4 Å². The fraction of sp³-hybridized carbons (Fsp3) is 0.600. The van der Waals surface area contributed by atoms with Gasteiger partial charge >= 0.3 is 0 Å². The highest BCUT2D eigenvalue weighted by Crippen LogP contribution is 2.09. The Hall–Kier alpha value is -1.67. The topological polar surface area (TPSA) is 114 Å². The van der Waals surface area contributed by atoms with Crippen molar-refractivity contribution in [3.63, 3.8) is 0 Å². The fourth-order valence-corrected chi connectivity index (χ4v) is 2.52. The minimum absolute atomic E-state index is 0.0718. The van der Waals surface area contributed by atoms with Crippen molar-refractivity contribution in [3.8, 4) is 0 Å². The monoisotopic (exact) mass is 342 g/mol. The summed E-state index contributed by atoms with van der Waals surface area (Å²) in [6.07, 6.45) is 9.68. The molecule has 0 aromatic carbocycles. The number of hydrazine groups is 1. The maximum atomic E-state index is 11.7. The Morgan fingerprint density at radius 2 is 1.78 bits per heavy atom. The van der Waals surface area contributed by atoms with Gasteiger partial charge in [-0.25, -0.2) is 18.5 Å². The number of rotatable bonds is 11. The van der Waals surface area contributed by atoms with Gasteiger partial charge < -0.3 is 0 Å². The number of unbranched alkanes of at least 4 members (excludes halogenated alkanes) is 6. The zero-order chi connectivity index (χ0) is 17.1. The fourth-order valence-electron chi connectivity index (χ4n) is 2.06. The predicted molar refractivity (Wildman–Crippen MR) is 90.0 cm³/mol. The molecule has 4 N–H and O–H groups in total. The number of anilines is 1. The van der Waals surface area contributed by atoms with Crippen LogP contribution in [0.15, 0.2) is 23.2 Å². The Kier molecular flexibility index (Phi) is 8.57. The van der Waals surface area contributed by atoms with Crippen LogP contribution in [0.5, 0.6) is 0 Å². The third-order valence-electron chi connectivity index (χ3n) is 3.40. The maximum absolute atomic E-state index is 11.7. The Balaban J connectivity index is 2.18.